The molecule has 0 spiro atoms. The number of esters is 2. The minimum atomic E-state index is -1.12. The smallest absolute Gasteiger partial charge is 0.306 e. The number of rotatable bonds is 54. The Morgan fingerprint density at radius 1 is 0.433 bits per heavy atom. The van der Waals surface area contributed by atoms with Crippen LogP contribution in [0.3, 0.4) is 0 Å². The van der Waals surface area contributed by atoms with Gasteiger partial charge in [0.05, 0.1) is 40.3 Å². The van der Waals surface area contributed by atoms with Crippen LogP contribution in [0.2, 0.25) is 0 Å². The fourth-order valence-corrected chi connectivity index (χ4v) is 9.13. The SMILES string of the molecule is CCCCCCCCCCCCC/C=C/CCCCCCCCCC(=O)OC(COCCC(C(=O)[O-])[N+](C)(C)C)COC(=O)CCCCCCCCCCCCCCCCCCCCCCC. The second kappa shape index (κ2) is 50.5. The van der Waals surface area contributed by atoms with Gasteiger partial charge in [0.2, 0.25) is 0 Å². The Morgan fingerprint density at radius 3 is 1.07 bits per heavy atom. The van der Waals surface area contributed by atoms with Gasteiger partial charge < -0.3 is 28.6 Å². The number of likely N-dealkylation sites (N-methyl/N-ethyl adjacent to an activating group) is 1. The zero-order valence-corrected chi connectivity index (χ0v) is 45.3. The zero-order valence-electron chi connectivity index (χ0n) is 45.3. The molecule has 0 bridgehead atoms. The molecule has 0 aromatic rings. The molecule has 8 nitrogen and oxygen atoms in total. The number of allylic oxidation sites excluding steroid dienone is 2. The van der Waals surface area contributed by atoms with Crippen molar-refractivity contribution in [1.82, 2.24) is 0 Å². The maximum atomic E-state index is 12.8. The number of ether oxygens (including phenoxy) is 3. The Balaban J connectivity index is 4.13. The lowest BCUT2D eigenvalue weighted by Crippen LogP contribution is -2.55. The van der Waals surface area contributed by atoms with Crippen LogP contribution >= 0.6 is 0 Å². The highest BCUT2D eigenvalue weighted by molar-refractivity contribution is 5.70. The molecular formula is C59H113NO7. The Bertz CT molecular complexity index is 1100. The molecule has 0 aliphatic rings. The first-order chi connectivity index (χ1) is 32.6. The van der Waals surface area contributed by atoms with E-state index in [1.165, 1.54) is 225 Å². The Kier molecular flexibility index (Phi) is 49.0. The summed E-state index contributed by atoms with van der Waals surface area (Å²) in [5.41, 5.74) is 0. The maximum Gasteiger partial charge on any atom is 0.306 e. The van der Waals surface area contributed by atoms with Crippen LogP contribution in [-0.4, -0.2) is 75.5 Å². The first-order valence-electron chi connectivity index (χ1n) is 29.2. The van der Waals surface area contributed by atoms with Crippen molar-refractivity contribution in [1.29, 1.82) is 0 Å². The second-order valence-corrected chi connectivity index (χ2v) is 21.2. The molecule has 0 radical (unpaired) electrons. The molecule has 67 heavy (non-hydrogen) atoms. The van der Waals surface area contributed by atoms with Crippen LogP contribution in [0.4, 0.5) is 0 Å². The van der Waals surface area contributed by atoms with E-state index >= 15 is 0 Å². The molecule has 0 amide bonds. The van der Waals surface area contributed by atoms with Crippen LogP contribution in [0, 0.1) is 0 Å². The molecule has 0 N–H and O–H groups in total. The summed E-state index contributed by atoms with van der Waals surface area (Å²) in [4.78, 5) is 37.2. The molecule has 2 unspecified atom stereocenters. The van der Waals surface area contributed by atoms with Crippen molar-refractivity contribution in [3.05, 3.63) is 12.2 Å². The van der Waals surface area contributed by atoms with E-state index in [4.69, 9.17) is 14.2 Å². The van der Waals surface area contributed by atoms with Crippen molar-refractivity contribution in [3.63, 3.8) is 0 Å². The molecular weight excluding hydrogens is 835 g/mol. The number of hydrogen-bond donors (Lipinski definition) is 0. The fourth-order valence-electron chi connectivity index (χ4n) is 9.13. The van der Waals surface area contributed by atoms with E-state index in [0.717, 1.165) is 38.5 Å². The molecule has 0 saturated carbocycles. The van der Waals surface area contributed by atoms with Crippen molar-refractivity contribution in [2.75, 3.05) is 41.0 Å². The highest BCUT2D eigenvalue weighted by Gasteiger charge is 2.25. The van der Waals surface area contributed by atoms with Gasteiger partial charge >= 0.3 is 11.9 Å². The van der Waals surface area contributed by atoms with Gasteiger partial charge in [0.15, 0.2) is 6.10 Å². The van der Waals surface area contributed by atoms with Crippen LogP contribution in [0.5, 0.6) is 0 Å². The monoisotopic (exact) mass is 948 g/mol. The lowest BCUT2D eigenvalue weighted by Gasteiger charge is -2.34. The van der Waals surface area contributed by atoms with Crippen molar-refractivity contribution in [3.8, 4) is 0 Å². The number of carboxylic acid groups (broad SMARTS) is 1. The second-order valence-electron chi connectivity index (χ2n) is 21.2. The number of aliphatic carboxylic acids is 1. The topological polar surface area (TPSA) is 102 Å². The molecule has 0 saturated heterocycles. The average molecular weight is 949 g/mol. The number of unbranched alkanes of at least 4 members (excludes halogenated alkanes) is 38. The van der Waals surface area contributed by atoms with Crippen LogP contribution in [-0.2, 0) is 28.6 Å². The zero-order chi connectivity index (χ0) is 49.2. The summed E-state index contributed by atoms with van der Waals surface area (Å²) < 4.78 is 17.3. The average Bonchev–Trinajstić information content (AvgIpc) is 3.29. The van der Waals surface area contributed by atoms with Crippen LogP contribution < -0.4 is 5.11 Å². The van der Waals surface area contributed by atoms with Gasteiger partial charge in [0.1, 0.15) is 12.6 Å². The van der Waals surface area contributed by atoms with Gasteiger partial charge in [-0.2, -0.15) is 0 Å². The van der Waals surface area contributed by atoms with Gasteiger partial charge in [-0.15, -0.1) is 0 Å². The molecule has 396 valence electrons. The number of hydrogen-bond acceptors (Lipinski definition) is 7. The predicted octanol–water partition coefficient (Wildman–Crippen LogP) is 16.0. The number of nitrogens with zero attached hydrogens (tertiary/aromatic N) is 1. The van der Waals surface area contributed by atoms with E-state index in [1.807, 2.05) is 21.1 Å². The Labute approximate surface area is 416 Å². The summed E-state index contributed by atoms with van der Waals surface area (Å²) in [6.07, 6.45) is 58.3. The lowest BCUT2D eigenvalue weighted by atomic mass is 10.0. The standard InChI is InChI=1S/C59H113NO7/c1-6-8-10-12-14-16-18-20-22-24-26-28-30-32-34-36-38-40-42-44-46-48-50-58(62)67-55(53-65-52-51-56(59(63)64)60(3,4)5)54-66-57(61)49-47-45-43-41-39-37-35-33-31-29-27-25-23-21-19-17-15-13-11-9-7-2/h30,32,55-56H,6-29,31,33-54H2,1-5H3/b32-30+. The summed E-state index contributed by atoms with van der Waals surface area (Å²) in [6, 6.07) is -0.724. The first kappa shape index (κ1) is 65.1. The molecule has 0 aliphatic carbocycles. The Hall–Kier alpha value is -1.93. The van der Waals surface area contributed by atoms with E-state index in [1.54, 1.807) is 0 Å². The molecule has 0 fully saturated rings. The third-order valence-electron chi connectivity index (χ3n) is 13.7. The molecule has 0 rings (SSSR count). The van der Waals surface area contributed by atoms with Gasteiger partial charge in [0.25, 0.3) is 0 Å². The van der Waals surface area contributed by atoms with Gasteiger partial charge in [-0.05, 0) is 38.5 Å². The normalized spacial score (nSPS) is 12.8. The van der Waals surface area contributed by atoms with Crippen molar-refractivity contribution in [2.24, 2.45) is 0 Å². The number of carboxylic acids is 1. The molecule has 0 heterocycles. The largest absolute Gasteiger partial charge is 0.544 e. The fraction of sp³-hybridized carbons (Fsp3) is 0.915. The van der Waals surface area contributed by atoms with E-state index in [-0.39, 0.29) is 42.7 Å². The highest BCUT2D eigenvalue weighted by Crippen LogP contribution is 2.17. The summed E-state index contributed by atoms with van der Waals surface area (Å²) >= 11 is 0. The molecule has 0 aliphatic heterocycles. The minimum Gasteiger partial charge on any atom is -0.544 e. The molecule has 2 atom stereocenters. The van der Waals surface area contributed by atoms with Gasteiger partial charge in [0, 0.05) is 19.3 Å². The van der Waals surface area contributed by atoms with Gasteiger partial charge in [-0.3, -0.25) is 9.59 Å². The van der Waals surface area contributed by atoms with Crippen LogP contribution in [0.1, 0.15) is 296 Å². The lowest BCUT2D eigenvalue weighted by molar-refractivity contribution is -0.889. The first-order valence-corrected chi connectivity index (χ1v) is 29.2. The quantitative estimate of drug-likeness (QED) is 0.0259. The number of quaternary nitrogens is 1. The predicted molar refractivity (Wildman–Crippen MR) is 282 cm³/mol. The Morgan fingerprint density at radius 2 is 0.746 bits per heavy atom. The van der Waals surface area contributed by atoms with E-state index in [0.29, 0.717) is 12.8 Å². The molecule has 0 aromatic heterocycles. The summed E-state index contributed by atoms with van der Waals surface area (Å²) in [7, 11) is 5.43. The number of carbonyl (C=O) groups is 3. The summed E-state index contributed by atoms with van der Waals surface area (Å²) in [6.45, 7) is 4.73. The number of carbonyl (C=O) groups excluding carboxylic acids is 3. The van der Waals surface area contributed by atoms with Gasteiger partial charge in [-0.25, -0.2) is 0 Å². The van der Waals surface area contributed by atoms with Crippen LogP contribution in [0.25, 0.3) is 0 Å². The van der Waals surface area contributed by atoms with E-state index in [2.05, 4.69) is 26.0 Å². The van der Waals surface area contributed by atoms with Gasteiger partial charge in [-0.1, -0.05) is 251 Å². The third kappa shape index (κ3) is 48.9. The maximum absolute atomic E-state index is 12.8. The molecule has 8 heteroatoms. The van der Waals surface area contributed by atoms with Crippen molar-refractivity contribution < 1.29 is 38.2 Å². The summed E-state index contributed by atoms with van der Waals surface area (Å²) in [5, 5.41) is 11.7. The third-order valence-corrected chi connectivity index (χ3v) is 13.7. The van der Waals surface area contributed by atoms with Crippen LogP contribution in [0.15, 0.2) is 12.2 Å². The molecule has 0 aromatic carbocycles. The van der Waals surface area contributed by atoms with Crippen molar-refractivity contribution >= 4 is 17.9 Å². The van der Waals surface area contributed by atoms with E-state index < -0.39 is 18.1 Å². The summed E-state index contributed by atoms with van der Waals surface area (Å²) in [5.74, 6) is -1.71. The highest BCUT2D eigenvalue weighted by atomic mass is 16.6. The van der Waals surface area contributed by atoms with Crippen molar-refractivity contribution in [2.45, 2.75) is 309 Å². The van der Waals surface area contributed by atoms with E-state index in [9.17, 15) is 19.5 Å². The minimum absolute atomic E-state index is 0.0455.